The van der Waals surface area contributed by atoms with Gasteiger partial charge >= 0.3 is 5.97 Å². The van der Waals surface area contributed by atoms with E-state index in [1.165, 1.54) is 23.9 Å². The smallest absolute Gasteiger partial charge is 0.302 e. The van der Waals surface area contributed by atoms with E-state index < -0.39 is 0 Å². The zero-order valence-corrected chi connectivity index (χ0v) is 19.2. The molecule has 1 fully saturated rings. The Bertz CT molecular complexity index is 986. The van der Waals surface area contributed by atoms with E-state index in [0.29, 0.717) is 22.9 Å². The number of piperidine rings is 1. The van der Waals surface area contributed by atoms with Gasteiger partial charge in [0.15, 0.2) is 5.78 Å². The Kier molecular flexibility index (Phi) is 9.62. The molecule has 156 valence electrons. The fourth-order valence-corrected chi connectivity index (χ4v) is 3.32. The second-order valence-electron chi connectivity index (χ2n) is 6.61. The van der Waals surface area contributed by atoms with Gasteiger partial charge in [0.05, 0.1) is 41.4 Å². The van der Waals surface area contributed by atoms with Crippen LogP contribution in [0, 0.1) is 11.3 Å². The summed E-state index contributed by atoms with van der Waals surface area (Å²) >= 11 is 0. The lowest BCUT2D eigenvalue weighted by atomic mass is 9.96. The number of ether oxygens (including phenoxy) is 1. The van der Waals surface area contributed by atoms with Crippen LogP contribution in [0.5, 0.6) is 0 Å². The first-order valence-electron chi connectivity index (χ1n) is 8.79. The predicted octanol–water partition coefficient (Wildman–Crippen LogP) is 2.07. The van der Waals surface area contributed by atoms with Crippen molar-refractivity contribution >= 4 is 56.6 Å². The van der Waals surface area contributed by atoms with Crippen LogP contribution in [0.4, 0.5) is 0 Å². The summed E-state index contributed by atoms with van der Waals surface area (Å²) in [6.45, 7) is 1.98. The molecule has 1 saturated heterocycles. The topological polar surface area (TPSA) is 114 Å². The average molecular weight is 530 g/mol. The summed E-state index contributed by atoms with van der Waals surface area (Å²) in [6, 6.07) is 6.41. The lowest BCUT2D eigenvalue weighted by Crippen LogP contribution is -2.48. The zero-order valence-electron chi connectivity index (χ0n) is 15.8. The number of rotatable bonds is 5. The highest BCUT2D eigenvalue weighted by atomic mass is 79.9. The van der Waals surface area contributed by atoms with Crippen molar-refractivity contribution in [3.63, 3.8) is 0 Å². The number of hydrogen-bond acceptors (Lipinski definition) is 7. The van der Waals surface area contributed by atoms with Crippen LogP contribution in [0.3, 0.4) is 0 Å². The number of halogens is 2. The number of nitrogens with one attached hydrogen (secondary N) is 1. The molecule has 2 heterocycles. The molecule has 29 heavy (non-hydrogen) atoms. The minimum Gasteiger partial charge on any atom is -0.461 e. The standard InChI is InChI=1S/C19H20N4O4.2BrH/c1-12(24)27-18-3-2-6-21-17(18)8-14(25)10-23-11-22-16-5-4-13(9-20)7-15(16)19(23)26;;/h4-5,7,11,17-18,21H,2-3,6,8,10H2,1H3;2*1H/t17-,18+;;/m1../s1. The first kappa shape index (κ1) is 24.9. The summed E-state index contributed by atoms with van der Waals surface area (Å²) < 4.78 is 6.54. The average Bonchev–Trinajstić information content (AvgIpc) is 2.65. The summed E-state index contributed by atoms with van der Waals surface area (Å²) in [5, 5.41) is 12.5. The Morgan fingerprint density at radius 2 is 2.14 bits per heavy atom. The van der Waals surface area contributed by atoms with E-state index in [-0.39, 0.29) is 76.4 Å². The molecule has 3 rings (SSSR count). The van der Waals surface area contributed by atoms with Crippen LogP contribution >= 0.6 is 34.0 Å². The highest BCUT2D eigenvalue weighted by Crippen LogP contribution is 2.16. The van der Waals surface area contributed by atoms with E-state index in [1.807, 2.05) is 6.07 Å². The molecule has 1 aromatic heterocycles. The Labute approximate surface area is 188 Å². The quantitative estimate of drug-likeness (QED) is 0.589. The van der Waals surface area contributed by atoms with Gasteiger partial charge in [0.1, 0.15) is 6.10 Å². The number of nitriles is 1. The number of carbonyl (C=O) groups is 2. The Balaban J connectivity index is 0.00000210. The van der Waals surface area contributed by atoms with E-state index >= 15 is 0 Å². The van der Waals surface area contributed by atoms with Crippen molar-refractivity contribution in [2.24, 2.45) is 0 Å². The molecule has 0 radical (unpaired) electrons. The van der Waals surface area contributed by atoms with Crippen LogP contribution in [0.25, 0.3) is 10.9 Å². The molecule has 0 amide bonds. The van der Waals surface area contributed by atoms with Crippen LogP contribution in [-0.4, -0.2) is 40.0 Å². The largest absolute Gasteiger partial charge is 0.461 e. The van der Waals surface area contributed by atoms with Crippen LogP contribution in [0.2, 0.25) is 0 Å². The third-order valence-electron chi connectivity index (χ3n) is 4.59. The molecular weight excluding hydrogens is 508 g/mol. The highest BCUT2D eigenvalue weighted by Gasteiger charge is 2.29. The molecule has 0 aliphatic carbocycles. The van der Waals surface area contributed by atoms with E-state index in [1.54, 1.807) is 12.1 Å². The maximum atomic E-state index is 12.6. The van der Waals surface area contributed by atoms with Crippen LogP contribution in [0.1, 0.15) is 31.7 Å². The van der Waals surface area contributed by atoms with Crippen LogP contribution in [-0.2, 0) is 20.9 Å². The number of esters is 1. The molecule has 0 unspecified atom stereocenters. The summed E-state index contributed by atoms with van der Waals surface area (Å²) in [7, 11) is 0. The maximum absolute atomic E-state index is 12.6. The van der Waals surface area contributed by atoms with Gasteiger partial charge in [-0.25, -0.2) is 4.98 Å². The minimum absolute atomic E-state index is 0. The van der Waals surface area contributed by atoms with Gasteiger partial charge in [-0.3, -0.25) is 19.0 Å². The second kappa shape index (κ2) is 11.2. The Morgan fingerprint density at radius 3 is 2.83 bits per heavy atom. The van der Waals surface area contributed by atoms with Gasteiger partial charge in [0.2, 0.25) is 0 Å². The van der Waals surface area contributed by atoms with E-state index in [2.05, 4.69) is 10.3 Å². The first-order valence-corrected chi connectivity index (χ1v) is 8.79. The van der Waals surface area contributed by atoms with Gasteiger partial charge in [-0.2, -0.15) is 5.26 Å². The van der Waals surface area contributed by atoms with Crippen molar-refractivity contribution in [2.45, 2.75) is 44.9 Å². The zero-order chi connectivity index (χ0) is 19.4. The van der Waals surface area contributed by atoms with Crippen molar-refractivity contribution in [3.8, 4) is 6.07 Å². The molecule has 2 aromatic rings. The number of nitrogens with zero attached hydrogens (tertiary/aromatic N) is 3. The molecule has 1 N–H and O–H groups in total. The molecule has 0 bridgehead atoms. The predicted molar refractivity (Wildman–Crippen MR) is 118 cm³/mol. The van der Waals surface area contributed by atoms with Gasteiger partial charge in [0, 0.05) is 13.3 Å². The van der Waals surface area contributed by atoms with Crippen molar-refractivity contribution in [2.75, 3.05) is 6.54 Å². The number of carbonyl (C=O) groups excluding carboxylic acids is 2. The molecule has 0 saturated carbocycles. The SMILES string of the molecule is Br.Br.CC(=O)O[C@H]1CCCN[C@@H]1CC(=O)Cn1cnc2ccc(C#N)cc2c1=O. The third-order valence-corrected chi connectivity index (χ3v) is 4.59. The van der Waals surface area contributed by atoms with Crippen molar-refractivity contribution in [3.05, 3.63) is 40.4 Å². The number of hydrogen-bond donors (Lipinski definition) is 1. The molecular formula is C19H22Br2N4O4. The number of ketones is 1. The maximum Gasteiger partial charge on any atom is 0.302 e. The lowest BCUT2D eigenvalue weighted by molar-refractivity contribution is -0.150. The van der Waals surface area contributed by atoms with E-state index in [0.717, 1.165) is 13.0 Å². The molecule has 1 aliphatic heterocycles. The normalized spacial score (nSPS) is 18.1. The molecule has 8 nitrogen and oxygen atoms in total. The fraction of sp³-hybridized carbons (Fsp3) is 0.421. The Morgan fingerprint density at radius 1 is 1.38 bits per heavy atom. The van der Waals surface area contributed by atoms with Crippen molar-refractivity contribution in [1.82, 2.24) is 14.9 Å². The first-order chi connectivity index (χ1) is 13.0. The molecule has 10 heteroatoms. The van der Waals surface area contributed by atoms with Crippen molar-refractivity contribution < 1.29 is 14.3 Å². The minimum atomic E-state index is -0.371. The summed E-state index contributed by atoms with van der Waals surface area (Å²) in [4.78, 5) is 40.5. The van der Waals surface area contributed by atoms with Crippen molar-refractivity contribution in [1.29, 1.82) is 5.26 Å². The Hall–Kier alpha value is -2.09. The number of benzene rings is 1. The monoisotopic (exact) mass is 528 g/mol. The molecule has 2 atom stereocenters. The summed E-state index contributed by atoms with van der Waals surface area (Å²) in [6.07, 6.45) is 2.73. The fourth-order valence-electron chi connectivity index (χ4n) is 3.32. The van der Waals surface area contributed by atoms with E-state index in [9.17, 15) is 14.4 Å². The summed E-state index contributed by atoms with van der Waals surface area (Å²) in [5.74, 6) is -0.532. The van der Waals surface area contributed by atoms with Crippen LogP contribution in [0.15, 0.2) is 29.3 Å². The third kappa shape index (κ3) is 6.19. The lowest BCUT2D eigenvalue weighted by Gasteiger charge is -2.31. The second-order valence-corrected chi connectivity index (χ2v) is 6.61. The molecule has 1 aromatic carbocycles. The van der Waals surface area contributed by atoms with Gasteiger partial charge < -0.3 is 10.1 Å². The number of fused-ring (bicyclic) bond motifs is 1. The van der Waals surface area contributed by atoms with Gasteiger partial charge in [-0.05, 0) is 37.6 Å². The van der Waals surface area contributed by atoms with Gasteiger partial charge in [-0.1, -0.05) is 0 Å². The van der Waals surface area contributed by atoms with Gasteiger partial charge in [0.25, 0.3) is 5.56 Å². The van der Waals surface area contributed by atoms with Crippen LogP contribution < -0.4 is 10.9 Å². The highest BCUT2D eigenvalue weighted by molar-refractivity contribution is 8.93. The molecule has 0 spiro atoms. The van der Waals surface area contributed by atoms with Gasteiger partial charge in [-0.15, -0.1) is 34.0 Å². The van der Waals surface area contributed by atoms with E-state index in [4.69, 9.17) is 10.00 Å². The number of aromatic nitrogens is 2. The number of Topliss-reactive ketones (excluding diaryl/α,β-unsaturated/α-hetero) is 1. The summed E-state index contributed by atoms with van der Waals surface area (Å²) in [5.41, 5.74) is 0.478. The molecule has 1 aliphatic rings.